The van der Waals surface area contributed by atoms with E-state index in [0.29, 0.717) is 20.4 Å². The van der Waals surface area contributed by atoms with Gasteiger partial charge in [-0.1, -0.05) is 72.3 Å². The number of carbonyl (C=O) groups excluding carboxylic acids is 2. The summed E-state index contributed by atoms with van der Waals surface area (Å²) in [5, 5.41) is 11.7. The van der Waals surface area contributed by atoms with Gasteiger partial charge in [-0.25, -0.2) is 8.42 Å². The van der Waals surface area contributed by atoms with Crippen LogP contribution in [0.1, 0.15) is 21.6 Å². The summed E-state index contributed by atoms with van der Waals surface area (Å²) in [5.41, 5.74) is 6.83. The van der Waals surface area contributed by atoms with Crippen molar-refractivity contribution in [1.82, 2.24) is 4.98 Å². The first kappa shape index (κ1) is 28.7. The van der Waals surface area contributed by atoms with Gasteiger partial charge in [-0.3, -0.25) is 19.7 Å². The van der Waals surface area contributed by atoms with Crippen LogP contribution in [0.25, 0.3) is 10.9 Å². The molecule has 42 heavy (non-hydrogen) atoms. The molecule has 4 aromatic carbocycles. The predicted molar refractivity (Wildman–Crippen MR) is 159 cm³/mol. The summed E-state index contributed by atoms with van der Waals surface area (Å²) in [4.78, 5) is 41.0. The highest BCUT2D eigenvalue weighted by atomic mass is 35.5. The minimum absolute atomic E-state index is 0.00209. The summed E-state index contributed by atoms with van der Waals surface area (Å²) in [6, 6.07) is 24.2. The first-order chi connectivity index (χ1) is 20.1. The van der Waals surface area contributed by atoms with Crippen LogP contribution < -0.4 is 10.0 Å². The predicted octanol–water partition coefficient (Wildman–Crippen LogP) is 5.25. The minimum Gasteiger partial charge on any atom is -0.350 e. The summed E-state index contributed by atoms with van der Waals surface area (Å²) in [5.74, 6) is -1.58. The van der Waals surface area contributed by atoms with Gasteiger partial charge < -0.3 is 10.7 Å². The van der Waals surface area contributed by atoms with E-state index in [-0.39, 0.29) is 34.4 Å². The third kappa shape index (κ3) is 5.53. The Hall–Kier alpha value is -4.84. The van der Waals surface area contributed by atoms with Crippen molar-refractivity contribution in [3.8, 4) is 0 Å². The number of aromatic amines is 1. The number of nitro benzene ring substituents is 1. The van der Waals surface area contributed by atoms with Gasteiger partial charge in [-0.2, -0.15) is 4.31 Å². The topological polar surface area (TPSA) is 156 Å². The number of non-ortho nitro benzene ring substituents is 1. The molecule has 5 aromatic rings. The number of aromatic nitrogens is 1. The second-order valence-electron chi connectivity index (χ2n) is 9.39. The van der Waals surface area contributed by atoms with E-state index in [1.54, 1.807) is 60.7 Å². The fraction of sp³-hybridized carbons (Fsp3) is 0.0667. The maximum atomic E-state index is 14.3. The van der Waals surface area contributed by atoms with Crippen molar-refractivity contribution < 1.29 is 22.9 Å². The van der Waals surface area contributed by atoms with Crippen LogP contribution in [0.4, 0.5) is 11.4 Å². The van der Waals surface area contributed by atoms with Gasteiger partial charge in [0.25, 0.3) is 21.6 Å². The van der Waals surface area contributed by atoms with Crippen molar-refractivity contribution in [2.24, 2.45) is 5.73 Å². The Bertz CT molecular complexity index is 1910. The molecule has 12 heteroatoms. The molecule has 0 aliphatic carbocycles. The molecule has 10 nitrogen and oxygen atoms in total. The lowest BCUT2D eigenvalue weighted by Gasteiger charge is -2.26. The third-order valence-corrected chi connectivity index (χ3v) is 8.55. The molecule has 0 saturated heterocycles. The summed E-state index contributed by atoms with van der Waals surface area (Å²) in [6.07, 6.45) is 0.00209. The normalized spacial score (nSPS) is 12.1. The van der Waals surface area contributed by atoms with E-state index in [4.69, 9.17) is 17.3 Å². The molecule has 1 amide bonds. The lowest BCUT2D eigenvalue weighted by atomic mass is 10.0. The molecule has 212 valence electrons. The van der Waals surface area contributed by atoms with Crippen molar-refractivity contribution in [1.29, 1.82) is 0 Å². The molecule has 3 N–H and O–H groups in total. The van der Waals surface area contributed by atoms with Crippen LogP contribution in [0, 0.1) is 10.1 Å². The Kier molecular flexibility index (Phi) is 7.90. The summed E-state index contributed by atoms with van der Waals surface area (Å²) >= 11 is 6.21. The molecule has 0 spiro atoms. The lowest BCUT2D eigenvalue weighted by Crippen LogP contribution is -2.48. The number of fused-ring (bicyclic) bond motifs is 1. The Morgan fingerprint density at radius 1 is 0.929 bits per heavy atom. The van der Waals surface area contributed by atoms with Gasteiger partial charge in [-0.15, -0.1) is 0 Å². The molecule has 0 aliphatic rings. The first-order valence-electron chi connectivity index (χ1n) is 12.6. The number of sulfonamides is 1. The molecule has 0 radical (unpaired) electrons. The molecule has 0 saturated carbocycles. The number of nitrogens with zero attached hydrogens (tertiary/aromatic N) is 2. The van der Waals surface area contributed by atoms with Gasteiger partial charge in [0.05, 0.1) is 21.5 Å². The number of H-pyrrole nitrogens is 1. The number of nitrogens with two attached hydrogens (primary N) is 1. The number of anilines is 1. The van der Waals surface area contributed by atoms with E-state index in [2.05, 4.69) is 4.98 Å². The molecular formula is C30H23ClN4O6S. The van der Waals surface area contributed by atoms with E-state index in [9.17, 15) is 28.1 Å². The number of carbonyl (C=O) groups is 2. The monoisotopic (exact) mass is 602 g/mol. The first-order valence-corrected chi connectivity index (χ1v) is 14.4. The number of amides is 1. The lowest BCUT2D eigenvalue weighted by molar-refractivity contribution is -0.384. The van der Waals surface area contributed by atoms with Crippen molar-refractivity contribution in [2.45, 2.75) is 17.4 Å². The molecule has 0 unspecified atom stereocenters. The Balaban J connectivity index is 1.74. The van der Waals surface area contributed by atoms with Crippen LogP contribution in [0.2, 0.25) is 5.02 Å². The highest BCUT2D eigenvalue weighted by Gasteiger charge is 2.39. The SMILES string of the molecule is N[C@@H](Cc1ccccc1)C(=O)N(c1c(C(=O)c2ccccc2)[nH]c2cc(Cl)ccc12)S(=O)(=O)c1ccc([N+](=O)[O-])cc1. The van der Waals surface area contributed by atoms with Crippen LogP contribution in [-0.2, 0) is 21.2 Å². The smallest absolute Gasteiger partial charge is 0.271 e. The largest absolute Gasteiger partial charge is 0.350 e. The van der Waals surface area contributed by atoms with Gasteiger partial charge in [0.1, 0.15) is 5.69 Å². The zero-order valence-corrected chi connectivity index (χ0v) is 23.4. The van der Waals surface area contributed by atoms with Crippen molar-refractivity contribution >= 4 is 55.6 Å². The maximum absolute atomic E-state index is 14.3. The van der Waals surface area contributed by atoms with Crippen LogP contribution >= 0.6 is 11.6 Å². The van der Waals surface area contributed by atoms with Crippen LogP contribution in [-0.4, -0.2) is 36.1 Å². The molecule has 0 aliphatic heterocycles. The zero-order valence-electron chi connectivity index (χ0n) is 21.8. The number of halogens is 1. The van der Waals surface area contributed by atoms with E-state index >= 15 is 0 Å². The Morgan fingerprint density at radius 2 is 1.55 bits per heavy atom. The minimum atomic E-state index is -4.77. The molecule has 0 bridgehead atoms. The van der Waals surface area contributed by atoms with Crippen LogP contribution in [0.15, 0.2) is 108 Å². The van der Waals surface area contributed by atoms with Crippen molar-refractivity contribution in [2.75, 3.05) is 4.31 Å². The standard InChI is InChI=1S/C30H23ClN4O6S/c31-21-11-16-24-26(18-21)33-27(29(36)20-9-5-2-6-10-20)28(24)34(30(37)25(32)17-19-7-3-1-4-8-19)42(40,41)23-14-12-22(13-15-23)35(38)39/h1-16,18,25,33H,17,32H2/t25-/m0/s1. The number of nitrogens with one attached hydrogen (secondary N) is 1. The van der Waals surface area contributed by atoms with Crippen LogP contribution in [0.3, 0.4) is 0 Å². The maximum Gasteiger partial charge on any atom is 0.271 e. The number of hydrogen-bond acceptors (Lipinski definition) is 7. The fourth-order valence-corrected chi connectivity index (χ4v) is 6.23. The molecule has 0 fully saturated rings. The molecule has 1 atom stereocenters. The van der Waals surface area contributed by atoms with Crippen molar-refractivity contribution in [3.05, 3.63) is 135 Å². The third-order valence-electron chi connectivity index (χ3n) is 6.60. The van der Waals surface area contributed by atoms with E-state index in [1.807, 2.05) is 0 Å². The van der Waals surface area contributed by atoms with Gasteiger partial charge in [0.2, 0.25) is 5.78 Å². The molecule has 1 heterocycles. The number of benzene rings is 4. The quantitative estimate of drug-likeness (QED) is 0.132. The van der Waals surface area contributed by atoms with Crippen molar-refractivity contribution in [3.63, 3.8) is 0 Å². The molecule has 5 rings (SSSR count). The second-order valence-corrected chi connectivity index (χ2v) is 11.6. The Labute approximate surface area is 245 Å². The van der Waals surface area contributed by atoms with Crippen LogP contribution in [0.5, 0.6) is 0 Å². The fourth-order valence-electron chi connectivity index (χ4n) is 4.56. The van der Waals surface area contributed by atoms with Gasteiger partial charge in [-0.05, 0) is 42.3 Å². The number of nitro groups is 1. The molecular weight excluding hydrogens is 580 g/mol. The zero-order chi connectivity index (χ0) is 30.0. The summed E-state index contributed by atoms with van der Waals surface area (Å²) in [6.45, 7) is 0. The van der Waals surface area contributed by atoms with E-state index in [0.717, 1.165) is 24.3 Å². The summed E-state index contributed by atoms with van der Waals surface area (Å²) in [7, 11) is -4.77. The molecule has 1 aromatic heterocycles. The average molecular weight is 603 g/mol. The number of hydrogen-bond donors (Lipinski definition) is 2. The highest BCUT2D eigenvalue weighted by molar-refractivity contribution is 7.93. The highest BCUT2D eigenvalue weighted by Crippen LogP contribution is 2.38. The average Bonchev–Trinajstić information content (AvgIpc) is 3.35. The number of rotatable bonds is 9. The summed E-state index contributed by atoms with van der Waals surface area (Å²) < 4.78 is 29.0. The van der Waals surface area contributed by atoms with Gasteiger partial charge in [0.15, 0.2) is 0 Å². The van der Waals surface area contributed by atoms with Gasteiger partial charge >= 0.3 is 0 Å². The van der Waals surface area contributed by atoms with E-state index in [1.165, 1.54) is 18.2 Å². The van der Waals surface area contributed by atoms with E-state index < -0.39 is 37.6 Å². The number of ketones is 1. The second kappa shape index (κ2) is 11.6. The Morgan fingerprint density at radius 3 is 2.17 bits per heavy atom. The van der Waals surface area contributed by atoms with Gasteiger partial charge in [0, 0.05) is 33.6 Å².